The van der Waals surface area contributed by atoms with E-state index in [1.54, 1.807) is 25.3 Å². The van der Waals surface area contributed by atoms with E-state index in [2.05, 4.69) is 20.4 Å². The summed E-state index contributed by atoms with van der Waals surface area (Å²) in [5, 5.41) is 17.2. The highest BCUT2D eigenvalue weighted by Crippen LogP contribution is 2.26. The molecule has 0 aliphatic carbocycles. The number of nitrogens with zero attached hydrogens (tertiary/aromatic N) is 4. The number of amides is 1. The maximum Gasteiger partial charge on any atom is 0.238 e. The summed E-state index contributed by atoms with van der Waals surface area (Å²) >= 11 is 1.25. The average Bonchev–Trinajstić information content (AvgIpc) is 3.49. The monoisotopic (exact) mass is 476 g/mol. The molecule has 170 valence electrons. The molecule has 0 atom stereocenters. The largest absolute Gasteiger partial charge is 0.467 e. The van der Waals surface area contributed by atoms with Gasteiger partial charge in [-0.05, 0) is 49.6 Å². The average molecular weight is 477 g/mol. The van der Waals surface area contributed by atoms with Gasteiger partial charge in [-0.2, -0.15) is 0 Å². The third-order valence-electron chi connectivity index (χ3n) is 5.09. The summed E-state index contributed by atoms with van der Waals surface area (Å²) in [4.78, 5) is 14.7. The van der Waals surface area contributed by atoms with Gasteiger partial charge in [-0.1, -0.05) is 17.8 Å². The molecule has 3 heterocycles. The minimum absolute atomic E-state index is 0.0172. The van der Waals surface area contributed by atoms with Crippen LogP contribution in [0.25, 0.3) is 0 Å². The standard InChI is InChI=1S/C20H24N6O4S2/c1-14-6-7-15(11-17(14)32(21,28)29)22-18(27)13-31-20-24-23-19(25-8-2-3-9-25)26(20)12-16-5-4-10-30-16/h4-7,10-11H,2-3,8-9,12-13H2,1H3,(H,22,27)(H2,21,28,29). The van der Waals surface area contributed by atoms with Gasteiger partial charge >= 0.3 is 0 Å². The molecule has 3 N–H and O–H groups in total. The van der Waals surface area contributed by atoms with Crippen LogP contribution in [0.15, 0.2) is 51.1 Å². The van der Waals surface area contributed by atoms with Gasteiger partial charge in [0, 0.05) is 18.8 Å². The van der Waals surface area contributed by atoms with E-state index < -0.39 is 10.0 Å². The van der Waals surface area contributed by atoms with Crippen molar-refractivity contribution in [2.45, 2.75) is 36.4 Å². The van der Waals surface area contributed by atoms with Crippen molar-refractivity contribution in [3.05, 3.63) is 47.9 Å². The number of rotatable bonds is 8. The highest BCUT2D eigenvalue weighted by atomic mass is 32.2. The Bertz CT molecular complexity index is 1200. The number of nitrogens with two attached hydrogens (primary N) is 1. The van der Waals surface area contributed by atoms with Crippen molar-refractivity contribution >= 4 is 39.3 Å². The number of carbonyl (C=O) groups excluding carboxylic acids is 1. The number of nitrogens with one attached hydrogen (secondary N) is 1. The second-order valence-electron chi connectivity index (χ2n) is 7.50. The minimum Gasteiger partial charge on any atom is -0.467 e. The fourth-order valence-electron chi connectivity index (χ4n) is 3.55. The highest BCUT2D eigenvalue weighted by Gasteiger charge is 2.22. The Balaban J connectivity index is 1.47. The van der Waals surface area contributed by atoms with Crippen LogP contribution in [-0.4, -0.2) is 47.9 Å². The number of carbonyl (C=O) groups is 1. The van der Waals surface area contributed by atoms with Crippen LogP contribution >= 0.6 is 11.8 Å². The quantitative estimate of drug-likeness (QED) is 0.472. The number of aromatic nitrogens is 3. The van der Waals surface area contributed by atoms with E-state index in [9.17, 15) is 13.2 Å². The predicted molar refractivity (Wildman–Crippen MR) is 121 cm³/mol. The molecule has 2 aromatic heterocycles. The van der Waals surface area contributed by atoms with Crippen LogP contribution < -0.4 is 15.4 Å². The number of primary sulfonamides is 1. The second-order valence-corrected chi connectivity index (χ2v) is 9.98. The first-order valence-corrected chi connectivity index (χ1v) is 12.6. The van der Waals surface area contributed by atoms with Gasteiger partial charge in [0.2, 0.25) is 21.9 Å². The van der Waals surface area contributed by atoms with Gasteiger partial charge in [0.25, 0.3) is 0 Å². The Morgan fingerprint density at radius 3 is 2.72 bits per heavy atom. The number of thioether (sulfide) groups is 1. The molecule has 10 nitrogen and oxygen atoms in total. The summed E-state index contributed by atoms with van der Waals surface area (Å²) in [7, 11) is -3.87. The Kier molecular flexibility index (Phi) is 6.53. The lowest BCUT2D eigenvalue weighted by Gasteiger charge is -2.17. The SMILES string of the molecule is Cc1ccc(NC(=O)CSc2nnc(N3CCCC3)n2Cc2ccco2)cc1S(N)(=O)=O. The molecular formula is C20H24N6O4S2. The Morgan fingerprint density at radius 1 is 1.25 bits per heavy atom. The maximum atomic E-state index is 12.5. The Labute approximate surface area is 190 Å². The van der Waals surface area contributed by atoms with E-state index in [1.807, 2.05) is 16.7 Å². The number of aryl methyl sites for hydroxylation is 1. The minimum atomic E-state index is -3.87. The fourth-order valence-corrected chi connectivity index (χ4v) is 5.09. The van der Waals surface area contributed by atoms with Crippen LogP contribution in [-0.2, 0) is 21.4 Å². The Morgan fingerprint density at radius 2 is 2.03 bits per heavy atom. The molecule has 0 saturated carbocycles. The molecule has 0 spiro atoms. The van der Waals surface area contributed by atoms with Gasteiger partial charge in [-0.25, -0.2) is 13.6 Å². The lowest BCUT2D eigenvalue weighted by molar-refractivity contribution is -0.113. The summed E-state index contributed by atoms with van der Waals surface area (Å²) < 4.78 is 30.9. The summed E-state index contributed by atoms with van der Waals surface area (Å²) in [6.45, 7) is 3.94. The molecule has 1 aromatic carbocycles. The van der Waals surface area contributed by atoms with Gasteiger partial charge in [0.1, 0.15) is 5.76 Å². The van der Waals surface area contributed by atoms with Gasteiger partial charge in [0.15, 0.2) is 5.16 Å². The number of furan rings is 1. The molecule has 32 heavy (non-hydrogen) atoms. The molecule has 1 aliphatic rings. The first-order chi connectivity index (χ1) is 15.3. The number of anilines is 2. The molecule has 0 bridgehead atoms. The number of sulfonamides is 1. The van der Waals surface area contributed by atoms with Crippen molar-refractivity contribution in [1.29, 1.82) is 0 Å². The van der Waals surface area contributed by atoms with Crippen LogP contribution in [0.1, 0.15) is 24.2 Å². The number of hydrogen-bond donors (Lipinski definition) is 2. The van der Waals surface area contributed by atoms with E-state index in [4.69, 9.17) is 9.56 Å². The molecule has 1 aliphatic heterocycles. The maximum absolute atomic E-state index is 12.5. The van der Waals surface area contributed by atoms with Crippen molar-refractivity contribution in [3.8, 4) is 0 Å². The summed E-state index contributed by atoms with van der Waals surface area (Å²) in [5.41, 5.74) is 0.875. The first kappa shape index (κ1) is 22.4. The van der Waals surface area contributed by atoms with Crippen molar-refractivity contribution in [3.63, 3.8) is 0 Å². The molecule has 0 unspecified atom stereocenters. The van der Waals surface area contributed by atoms with Crippen LogP contribution in [0.2, 0.25) is 0 Å². The summed E-state index contributed by atoms with van der Waals surface area (Å²) in [6.07, 6.45) is 3.83. The fraction of sp³-hybridized carbons (Fsp3) is 0.350. The van der Waals surface area contributed by atoms with Crippen LogP contribution in [0.3, 0.4) is 0 Å². The predicted octanol–water partition coefficient (Wildman–Crippen LogP) is 2.21. The van der Waals surface area contributed by atoms with Gasteiger partial charge in [-0.15, -0.1) is 10.2 Å². The third kappa shape index (κ3) is 5.14. The summed E-state index contributed by atoms with van der Waals surface area (Å²) in [5.74, 6) is 1.31. The topological polar surface area (TPSA) is 136 Å². The van der Waals surface area contributed by atoms with Gasteiger partial charge in [0.05, 0.1) is 23.5 Å². The molecule has 1 amide bonds. The van der Waals surface area contributed by atoms with Crippen LogP contribution in [0, 0.1) is 6.92 Å². The van der Waals surface area contributed by atoms with Crippen molar-refractivity contribution in [1.82, 2.24) is 14.8 Å². The zero-order chi connectivity index (χ0) is 22.7. The van der Waals surface area contributed by atoms with Gasteiger partial charge in [-0.3, -0.25) is 9.36 Å². The normalized spacial score (nSPS) is 14.1. The Hall–Kier alpha value is -2.83. The van der Waals surface area contributed by atoms with E-state index in [0.29, 0.717) is 23.0 Å². The van der Waals surface area contributed by atoms with Crippen molar-refractivity contribution in [2.24, 2.45) is 5.14 Å². The molecule has 0 radical (unpaired) electrons. The molecular weight excluding hydrogens is 452 g/mol. The lowest BCUT2D eigenvalue weighted by atomic mass is 10.2. The first-order valence-electron chi connectivity index (χ1n) is 10.1. The zero-order valence-corrected chi connectivity index (χ0v) is 19.2. The molecule has 1 saturated heterocycles. The van der Waals surface area contributed by atoms with Gasteiger partial charge < -0.3 is 14.6 Å². The van der Waals surface area contributed by atoms with Crippen molar-refractivity contribution < 1.29 is 17.6 Å². The number of benzene rings is 1. The molecule has 1 fully saturated rings. The number of hydrogen-bond acceptors (Lipinski definition) is 8. The highest BCUT2D eigenvalue weighted by molar-refractivity contribution is 7.99. The van der Waals surface area contributed by atoms with Crippen LogP contribution in [0.4, 0.5) is 11.6 Å². The molecule has 12 heteroatoms. The summed E-state index contributed by atoms with van der Waals surface area (Å²) in [6, 6.07) is 8.31. The van der Waals surface area contributed by atoms with Crippen LogP contribution in [0.5, 0.6) is 0 Å². The lowest BCUT2D eigenvalue weighted by Crippen LogP contribution is -2.23. The van der Waals surface area contributed by atoms with E-state index in [1.165, 1.54) is 17.8 Å². The van der Waals surface area contributed by atoms with Crippen molar-refractivity contribution in [2.75, 3.05) is 29.1 Å². The molecule has 3 aromatic rings. The van der Waals surface area contributed by atoms with E-state index >= 15 is 0 Å². The zero-order valence-electron chi connectivity index (χ0n) is 17.5. The van der Waals surface area contributed by atoms with E-state index in [0.717, 1.165) is 37.6 Å². The molecule has 4 rings (SSSR count). The third-order valence-corrected chi connectivity index (χ3v) is 7.11. The smallest absolute Gasteiger partial charge is 0.238 e. The second kappa shape index (κ2) is 9.35. The van der Waals surface area contributed by atoms with E-state index in [-0.39, 0.29) is 16.6 Å².